The Balaban J connectivity index is 1.55. The predicted molar refractivity (Wildman–Crippen MR) is 124 cm³/mol. The molecule has 0 aliphatic heterocycles. The van der Waals surface area contributed by atoms with Crippen molar-refractivity contribution in [3.05, 3.63) is 90.0 Å². The largest absolute Gasteiger partial charge is 0.348 e. The zero-order valence-corrected chi connectivity index (χ0v) is 17.9. The Kier molecular flexibility index (Phi) is 7.84. The molecule has 3 aromatic carbocycles. The Morgan fingerprint density at radius 3 is 2.19 bits per heavy atom. The molecular weight excluding hydrogens is 410 g/mol. The first-order valence-electron chi connectivity index (χ1n) is 9.73. The number of hydrogen-bond acceptors (Lipinski definition) is 4. The van der Waals surface area contributed by atoms with Crippen LogP contribution in [0.2, 0.25) is 0 Å². The van der Waals surface area contributed by atoms with Gasteiger partial charge in [-0.3, -0.25) is 14.4 Å². The van der Waals surface area contributed by atoms with E-state index in [9.17, 15) is 14.4 Å². The molecule has 0 aliphatic carbocycles. The molecule has 0 heterocycles. The van der Waals surface area contributed by atoms with Crippen LogP contribution in [0, 0.1) is 0 Å². The summed E-state index contributed by atoms with van der Waals surface area (Å²) >= 11 is 1.37. The molecule has 0 spiro atoms. The third-order valence-electron chi connectivity index (χ3n) is 4.29. The van der Waals surface area contributed by atoms with E-state index in [-0.39, 0.29) is 23.5 Å². The Labute approximate surface area is 185 Å². The molecule has 158 valence electrons. The van der Waals surface area contributed by atoms with Crippen molar-refractivity contribution in [3.63, 3.8) is 0 Å². The van der Waals surface area contributed by atoms with Crippen LogP contribution in [0.1, 0.15) is 22.8 Å². The van der Waals surface area contributed by atoms with Gasteiger partial charge in [0, 0.05) is 24.1 Å². The van der Waals surface area contributed by atoms with E-state index < -0.39 is 0 Å². The highest BCUT2D eigenvalue weighted by Gasteiger charge is 2.13. The predicted octanol–water partition coefficient (Wildman–Crippen LogP) is 4.31. The summed E-state index contributed by atoms with van der Waals surface area (Å²) in [5, 5.41) is 8.40. The minimum atomic E-state index is -0.249. The van der Waals surface area contributed by atoms with Gasteiger partial charge < -0.3 is 16.0 Å². The van der Waals surface area contributed by atoms with Gasteiger partial charge in [-0.05, 0) is 42.0 Å². The third kappa shape index (κ3) is 7.01. The maximum atomic E-state index is 12.6. The van der Waals surface area contributed by atoms with Crippen molar-refractivity contribution in [2.24, 2.45) is 0 Å². The smallest absolute Gasteiger partial charge is 0.253 e. The summed E-state index contributed by atoms with van der Waals surface area (Å²) in [5.41, 5.74) is 2.59. The molecule has 3 amide bonds. The van der Waals surface area contributed by atoms with Crippen LogP contribution < -0.4 is 16.0 Å². The molecule has 31 heavy (non-hydrogen) atoms. The first kappa shape index (κ1) is 22.1. The van der Waals surface area contributed by atoms with Gasteiger partial charge in [0.05, 0.1) is 17.0 Å². The molecule has 7 heteroatoms. The Morgan fingerprint density at radius 2 is 1.48 bits per heavy atom. The number of benzene rings is 3. The van der Waals surface area contributed by atoms with E-state index in [4.69, 9.17) is 0 Å². The van der Waals surface area contributed by atoms with Crippen molar-refractivity contribution >= 4 is 40.9 Å². The van der Waals surface area contributed by atoms with Gasteiger partial charge in [-0.15, -0.1) is 11.8 Å². The van der Waals surface area contributed by atoms with E-state index >= 15 is 0 Å². The molecule has 0 fully saturated rings. The number of amides is 3. The minimum absolute atomic E-state index is 0.133. The Bertz CT molecular complexity index is 1050. The summed E-state index contributed by atoms with van der Waals surface area (Å²) in [6.07, 6.45) is 0. The molecular formula is C24H23N3O3S. The molecule has 0 aromatic heterocycles. The lowest BCUT2D eigenvalue weighted by Gasteiger charge is -2.12. The quantitative estimate of drug-likeness (QED) is 0.462. The average molecular weight is 434 g/mol. The summed E-state index contributed by atoms with van der Waals surface area (Å²) < 4.78 is 0. The first-order chi connectivity index (χ1) is 15.0. The van der Waals surface area contributed by atoms with Crippen LogP contribution in [-0.4, -0.2) is 23.5 Å². The van der Waals surface area contributed by atoms with E-state index in [1.165, 1.54) is 18.7 Å². The second kappa shape index (κ2) is 11.0. The molecule has 3 N–H and O–H groups in total. The van der Waals surface area contributed by atoms with Crippen LogP contribution in [0.15, 0.2) is 83.8 Å². The van der Waals surface area contributed by atoms with Gasteiger partial charge in [0.15, 0.2) is 0 Å². The van der Waals surface area contributed by atoms with E-state index in [0.717, 1.165) is 10.5 Å². The second-order valence-electron chi connectivity index (χ2n) is 6.76. The average Bonchev–Trinajstić information content (AvgIpc) is 2.78. The maximum absolute atomic E-state index is 12.6. The van der Waals surface area contributed by atoms with Crippen LogP contribution in [0.4, 0.5) is 11.4 Å². The van der Waals surface area contributed by atoms with Gasteiger partial charge in [-0.1, -0.05) is 42.5 Å². The lowest BCUT2D eigenvalue weighted by Crippen LogP contribution is -2.25. The monoisotopic (exact) mass is 433 g/mol. The SMILES string of the molecule is CC(=O)Nc1ccc(SCC(=O)Nc2ccccc2C(=O)NCc2ccccc2)cc1. The number of nitrogens with one attached hydrogen (secondary N) is 3. The fourth-order valence-corrected chi connectivity index (χ4v) is 3.53. The summed E-state index contributed by atoms with van der Waals surface area (Å²) in [5.74, 6) is -0.397. The number of carbonyl (C=O) groups is 3. The number of thioether (sulfide) groups is 1. The highest BCUT2D eigenvalue weighted by molar-refractivity contribution is 8.00. The number of anilines is 2. The number of hydrogen-bond donors (Lipinski definition) is 3. The standard InChI is InChI=1S/C24H23N3O3S/c1-17(28)26-19-11-13-20(14-12-19)31-16-23(29)27-22-10-6-5-9-21(22)24(30)25-15-18-7-3-2-4-8-18/h2-14H,15-16H2,1H3,(H,25,30)(H,26,28)(H,27,29). The molecule has 6 nitrogen and oxygen atoms in total. The van der Waals surface area contributed by atoms with E-state index in [0.29, 0.717) is 23.5 Å². The number of carbonyl (C=O) groups excluding carboxylic acids is 3. The summed E-state index contributed by atoms with van der Waals surface area (Å²) in [6, 6.07) is 23.8. The van der Waals surface area contributed by atoms with Gasteiger partial charge in [0.1, 0.15) is 0 Å². The number of para-hydroxylation sites is 1. The van der Waals surface area contributed by atoms with E-state index in [2.05, 4.69) is 16.0 Å². The van der Waals surface area contributed by atoms with Crippen molar-refractivity contribution in [1.29, 1.82) is 0 Å². The second-order valence-corrected chi connectivity index (χ2v) is 7.81. The zero-order valence-electron chi connectivity index (χ0n) is 17.1. The molecule has 3 aromatic rings. The van der Waals surface area contributed by atoms with Crippen LogP contribution in [0.25, 0.3) is 0 Å². The van der Waals surface area contributed by atoms with Gasteiger partial charge in [0.2, 0.25) is 11.8 Å². The third-order valence-corrected chi connectivity index (χ3v) is 5.30. The highest BCUT2D eigenvalue weighted by atomic mass is 32.2. The Hall–Kier alpha value is -3.58. The highest BCUT2D eigenvalue weighted by Crippen LogP contribution is 2.21. The lowest BCUT2D eigenvalue weighted by molar-refractivity contribution is -0.114. The van der Waals surface area contributed by atoms with Crippen molar-refractivity contribution in [2.75, 3.05) is 16.4 Å². The Morgan fingerprint density at radius 1 is 0.806 bits per heavy atom. The minimum Gasteiger partial charge on any atom is -0.348 e. The van der Waals surface area contributed by atoms with Crippen molar-refractivity contribution < 1.29 is 14.4 Å². The van der Waals surface area contributed by atoms with Crippen LogP contribution >= 0.6 is 11.8 Å². The van der Waals surface area contributed by atoms with Crippen molar-refractivity contribution in [1.82, 2.24) is 5.32 Å². The molecule has 0 radical (unpaired) electrons. The molecule has 0 saturated heterocycles. The van der Waals surface area contributed by atoms with E-state index in [1.807, 2.05) is 42.5 Å². The fraction of sp³-hybridized carbons (Fsp3) is 0.125. The molecule has 0 atom stereocenters. The van der Waals surface area contributed by atoms with E-state index in [1.54, 1.807) is 36.4 Å². The van der Waals surface area contributed by atoms with Crippen molar-refractivity contribution in [3.8, 4) is 0 Å². The van der Waals surface area contributed by atoms with Gasteiger partial charge >= 0.3 is 0 Å². The van der Waals surface area contributed by atoms with Crippen molar-refractivity contribution in [2.45, 2.75) is 18.4 Å². The first-order valence-corrected chi connectivity index (χ1v) is 10.7. The van der Waals surface area contributed by atoms with Crippen LogP contribution in [0.3, 0.4) is 0 Å². The molecule has 0 saturated carbocycles. The molecule has 3 rings (SSSR count). The van der Waals surface area contributed by atoms with Gasteiger partial charge in [-0.25, -0.2) is 0 Å². The number of rotatable bonds is 8. The zero-order chi connectivity index (χ0) is 22.1. The summed E-state index contributed by atoms with van der Waals surface area (Å²) in [7, 11) is 0. The molecule has 0 unspecified atom stereocenters. The summed E-state index contributed by atoms with van der Waals surface area (Å²) in [6.45, 7) is 1.86. The molecule has 0 aliphatic rings. The normalized spacial score (nSPS) is 10.2. The lowest BCUT2D eigenvalue weighted by atomic mass is 10.1. The fourth-order valence-electron chi connectivity index (χ4n) is 2.84. The van der Waals surface area contributed by atoms with Gasteiger partial charge in [0.25, 0.3) is 5.91 Å². The topological polar surface area (TPSA) is 87.3 Å². The summed E-state index contributed by atoms with van der Waals surface area (Å²) in [4.78, 5) is 37.0. The molecule has 0 bridgehead atoms. The van der Waals surface area contributed by atoms with Gasteiger partial charge in [-0.2, -0.15) is 0 Å². The maximum Gasteiger partial charge on any atom is 0.253 e. The van der Waals surface area contributed by atoms with Crippen LogP contribution in [0.5, 0.6) is 0 Å². The van der Waals surface area contributed by atoms with Crippen LogP contribution in [-0.2, 0) is 16.1 Å².